The Labute approximate surface area is 61.9 Å². The molecule has 2 rings (SSSR count). The smallest absolute Gasteiger partial charge is 0.280 e. The van der Waals surface area contributed by atoms with Gasteiger partial charge in [0, 0.05) is 6.07 Å². The van der Waals surface area contributed by atoms with E-state index in [1.165, 1.54) is 17.5 Å². The molecule has 0 saturated heterocycles. The Kier molecular flexibility index (Phi) is 1.11. The molecule has 0 radical (unpaired) electrons. The number of thiophene rings is 1. The number of aromatic nitrogens is 1. The van der Waals surface area contributed by atoms with Crippen molar-refractivity contribution >= 4 is 21.6 Å². The molecular weight excluding hydrogens is 146 g/mol. The Balaban J connectivity index is 2.95. The molecule has 0 atom stereocenters. The van der Waals surface area contributed by atoms with E-state index in [4.69, 9.17) is 0 Å². The molecule has 10 heavy (non-hydrogen) atoms. The van der Waals surface area contributed by atoms with Crippen LogP contribution in [0.3, 0.4) is 0 Å². The lowest BCUT2D eigenvalue weighted by atomic mass is 10.4. The Bertz CT molecular complexity index is 355. The molecule has 0 unspecified atom stereocenters. The fraction of sp³-hybridized carbons (Fsp3) is 0. The van der Waals surface area contributed by atoms with Gasteiger partial charge in [-0.15, -0.1) is 0 Å². The summed E-state index contributed by atoms with van der Waals surface area (Å²) in [4.78, 5) is 0.780. The van der Waals surface area contributed by atoms with Gasteiger partial charge in [0.25, 0.3) is 4.83 Å². The van der Waals surface area contributed by atoms with Crippen molar-refractivity contribution in [3.05, 3.63) is 35.0 Å². The lowest BCUT2D eigenvalue weighted by molar-refractivity contribution is -0.574. The molecule has 2 nitrogen and oxygen atoms in total. The summed E-state index contributed by atoms with van der Waals surface area (Å²) < 4.78 is 0.889. The van der Waals surface area contributed by atoms with Crippen LogP contribution in [0.1, 0.15) is 0 Å². The molecule has 0 bridgehead atoms. The fourth-order valence-corrected chi connectivity index (χ4v) is 1.69. The molecule has 50 valence electrons. The maximum Gasteiger partial charge on any atom is 0.280 e. The van der Waals surface area contributed by atoms with Crippen LogP contribution in [0.2, 0.25) is 0 Å². The first kappa shape index (κ1) is 5.68. The van der Waals surface area contributed by atoms with E-state index in [0.29, 0.717) is 0 Å². The van der Waals surface area contributed by atoms with Gasteiger partial charge < -0.3 is 5.21 Å². The van der Waals surface area contributed by atoms with E-state index >= 15 is 0 Å². The van der Waals surface area contributed by atoms with Crippen molar-refractivity contribution in [3.63, 3.8) is 0 Å². The third kappa shape index (κ3) is 0.675. The molecule has 2 aromatic heterocycles. The molecular formula is C7H5NOS. The quantitative estimate of drug-likeness (QED) is 0.414. The zero-order chi connectivity index (χ0) is 6.97. The van der Waals surface area contributed by atoms with Crippen molar-refractivity contribution in [2.45, 2.75) is 0 Å². The van der Waals surface area contributed by atoms with Crippen molar-refractivity contribution in [3.8, 4) is 0 Å². The third-order valence-corrected chi connectivity index (χ3v) is 2.28. The largest absolute Gasteiger partial charge is 0.618 e. The van der Waals surface area contributed by atoms with Crippen molar-refractivity contribution < 1.29 is 4.73 Å². The first-order chi connectivity index (χ1) is 4.88. The topological polar surface area (TPSA) is 26.9 Å². The number of pyridine rings is 1. The second-order valence-electron chi connectivity index (χ2n) is 2.02. The Hall–Kier alpha value is -1.09. The normalized spacial score (nSPS) is 10.4. The predicted molar refractivity (Wildman–Crippen MR) is 40.8 cm³/mol. The first-order valence-corrected chi connectivity index (χ1v) is 3.81. The molecule has 3 heteroatoms. The summed E-state index contributed by atoms with van der Waals surface area (Å²) in [6, 6.07) is 5.62. The minimum atomic E-state index is 0.780. The molecule has 0 fully saturated rings. The van der Waals surface area contributed by atoms with Crippen molar-refractivity contribution in [2.75, 3.05) is 0 Å². The van der Waals surface area contributed by atoms with Crippen LogP contribution in [0.4, 0.5) is 0 Å². The van der Waals surface area contributed by atoms with Gasteiger partial charge in [0.15, 0.2) is 6.20 Å². The number of hydrogen-bond donors (Lipinski definition) is 0. The van der Waals surface area contributed by atoms with E-state index in [1.807, 2.05) is 17.5 Å². The maximum atomic E-state index is 11.0. The van der Waals surface area contributed by atoms with Gasteiger partial charge in [-0.3, -0.25) is 0 Å². The van der Waals surface area contributed by atoms with Crippen LogP contribution in [0, 0.1) is 5.21 Å². The van der Waals surface area contributed by atoms with Gasteiger partial charge in [-0.05, 0) is 17.5 Å². The molecule has 0 spiro atoms. The highest BCUT2D eigenvalue weighted by Crippen LogP contribution is 2.14. The van der Waals surface area contributed by atoms with E-state index in [1.54, 1.807) is 6.07 Å². The predicted octanol–water partition coefficient (Wildman–Crippen LogP) is 1.53. The van der Waals surface area contributed by atoms with Crippen LogP contribution in [0.15, 0.2) is 29.8 Å². The molecule has 0 amide bonds. The second kappa shape index (κ2) is 1.95. The van der Waals surface area contributed by atoms with Gasteiger partial charge in [-0.1, -0.05) is 11.3 Å². The second-order valence-corrected chi connectivity index (χ2v) is 2.91. The summed E-state index contributed by atoms with van der Waals surface area (Å²) in [6.07, 6.45) is 1.51. The maximum absolute atomic E-state index is 11.0. The van der Waals surface area contributed by atoms with Crippen LogP contribution in [-0.2, 0) is 0 Å². The van der Waals surface area contributed by atoms with Crippen LogP contribution in [0.25, 0.3) is 10.2 Å². The molecule has 0 N–H and O–H groups in total. The van der Waals surface area contributed by atoms with Gasteiger partial charge in [-0.25, -0.2) is 0 Å². The van der Waals surface area contributed by atoms with E-state index in [-0.39, 0.29) is 0 Å². The summed E-state index contributed by atoms with van der Waals surface area (Å²) in [5.74, 6) is 0. The lowest BCUT2D eigenvalue weighted by Gasteiger charge is -1.93. The van der Waals surface area contributed by atoms with E-state index in [9.17, 15) is 5.21 Å². The van der Waals surface area contributed by atoms with Crippen molar-refractivity contribution in [1.82, 2.24) is 0 Å². The standard InChI is InChI=1S/C7H5NOS/c9-8-4-1-2-6-3-5-10-7(6)8/h1-5H. The van der Waals surface area contributed by atoms with E-state index in [2.05, 4.69) is 0 Å². The van der Waals surface area contributed by atoms with Crippen LogP contribution in [0.5, 0.6) is 0 Å². The van der Waals surface area contributed by atoms with Gasteiger partial charge >= 0.3 is 0 Å². The molecule has 0 saturated carbocycles. The fourth-order valence-electron chi connectivity index (χ4n) is 0.910. The van der Waals surface area contributed by atoms with Crippen molar-refractivity contribution in [1.29, 1.82) is 0 Å². The minimum absolute atomic E-state index is 0.780. The highest BCUT2D eigenvalue weighted by Gasteiger charge is 2.00. The number of fused-ring (bicyclic) bond motifs is 1. The van der Waals surface area contributed by atoms with Gasteiger partial charge in [0.05, 0.1) is 5.39 Å². The Morgan fingerprint density at radius 2 is 2.30 bits per heavy atom. The SMILES string of the molecule is [O-][n+]1cccc2ccsc21. The average Bonchev–Trinajstić information content (AvgIpc) is 2.36. The van der Waals surface area contributed by atoms with Crippen molar-refractivity contribution in [2.24, 2.45) is 0 Å². The summed E-state index contributed by atoms with van der Waals surface area (Å²) in [7, 11) is 0. The molecule has 0 aliphatic heterocycles. The summed E-state index contributed by atoms with van der Waals surface area (Å²) in [5, 5.41) is 13.9. The average molecular weight is 151 g/mol. The highest BCUT2D eigenvalue weighted by molar-refractivity contribution is 7.16. The molecule has 0 aliphatic rings. The number of rotatable bonds is 0. The first-order valence-electron chi connectivity index (χ1n) is 2.93. The van der Waals surface area contributed by atoms with Crippen LogP contribution in [-0.4, -0.2) is 0 Å². The van der Waals surface area contributed by atoms with E-state index in [0.717, 1.165) is 14.9 Å². The zero-order valence-electron chi connectivity index (χ0n) is 5.15. The molecule has 0 aliphatic carbocycles. The number of nitrogens with zero attached hydrogens (tertiary/aromatic N) is 1. The van der Waals surface area contributed by atoms with Gasteiger partial charge in [-0.2, -0.15) is 4.73 Å². The van der Waals surface area contributed by atoms with Gasteiger partial charge in [0.1, 0.15) is 0 Å². The Morgan fingerprint density at radius 3 is 3.10 bits per heavy atom. The summed E-state index contributed by atoms with van der Waals surface area (Å²) in [6.45, 7) is 0. The molecule has 0 aromatic carbocycles. The summed E-state index contributed by atoms with van der Waals surface area (Å²) in [5.41, 5.74) is 0. The Morgan fingerprint density at radius 1 is 1.40 bits per heavy atom. The summed E-state index contributed by atoms with van der Waals surface area (Å²) >= 11 is 1.46. The number of hydrogen-bond acceptors (Lipinski definition) is 2. The van der Waals surface area contributed by atoms with Crippen LogP contribution < -0.4 is 4.73 Å². The monoisotopic (exact) mass is 151 g/mol. The third-order valence-electron chi connectivity index (χ3n) is 1.37. The van der Waals surface area contributed by atoms with E-state index < -0.39 is 0 Å². The van der Waals surface area contributed by atoms with Gasteiger partial charge in [0.2, 0.25) is 0 Å². The van der Waals surface area contributed by atoms with Crippen LogP contribution >= 0.6 is 11.3 Å². The molecule has 2 heterocycles. The lowest BCUT2D eigenvalue weighted by Crippen LogP contribution is -2.24. The zero-order valence-corrected chi connectivity index (χ0v) is 5.97. The minimum Gasteiger partial charge on any atom is -0.618 e. The highest BCUT2D eigenvalue weighted by atomic mass is 32.1. The molecule has 2 aromatic rings.